The number of hydrogen-bond acceptors (Lipinski definition) is 12. The summed E-state index contributed by atoms with van der Waals surface area (Å²) in [5.74, 6) is 0.538. The van der Waals surface area contributed by atoms with Gasteiger partial charge in [0, 0.05) is 6.54 Å². The maximum atomic E-state index is 11.4. The highest BCUT2D eigenvalue weighted by molar-refractivity contribution is 5.84. The van der Waals surface area contributed by atoms with E-state index >= 15 is 0 Å². The smallest absolute Gasteiger partial charge is 0.343 e. The summed E-state index contributed by atoms with van der Waals surface area (Å²) in [6.45, 7) is -0.281. The lowest BCUT2D eigenvalue weighted by molar-refractivity contribution is -0.142. The molecule has 5 rings (SSSR count). The average Bonchev–Trinajstić information content (AvgIpc) is 3.47. The Morgan fingerprint density at radius 1 is 1.13 bits per heavy atom. The maximum Gasteiger partial charge on any atom is 0.343 e. The van der Waals surface area contributed by atoms with Crippen molar-refractivity contribution < 1.29 is 34.3 Å². The Kier molecular flexibility index (Phi) is 7.56. The third kappa shape index (κ3) is 5.33. The van der Waals surface area contributed by atoms with Crippen LogP contribution >= 0.6 is 0 Å². The SMILES string of the molecule is COC(=O)COc1cccc(-c2ccc(CNc3nc4c(N)ncnc4n3[C@@H]3O[C@H](CO)C(O)C3O)cc2)c1. The highest BCUT2D eigenvalue weighted by Crippen LogP contribution is 2.35. The molecule has 2 aromatic carbocycles. The van der Waals surface area contributed by atoms with Crippen LogP contribution in [0.4, 0.5) is 11.8 Å². The van der Waals surface area contributed by atoms with Crippen LogP contribution in [0.2, 0.25) is 0 Å². The van der Waals surface area contributed by atoms with Gasteiger partial charge in [-0.15, -0.1) is 0 Å². The second-order valence-corrected chi connectivity index (χ2v) is 8.91. The number of carbonyl (C=O) groups excluding carboxylic acids is 1. The Hall–Kier alpha value is -4.30. The lowest BCUT2D eigenvalue weighted by atomic mass is 10.0. The van der Waals surface area contributed by atoms with E-state index in [4.69, 9.17) is 15.2 Å². The molecule has 4 aromatic rings. The van der Waals surface area contributed by atoms with Crippen molar-refractivity contribution in [2.75, 3.05) is 31.4 Å². The molecule has 0 saturated carbocycles. The summed E-state index contributed by atoms with van der Waals surface area (Å²) in [5, 5.41) is 33.7. The van der Waals surface area contributed by atoms with Gasteiger partial charge < -0.3 is 40.6 Å². The lowest BCUT2D eigenvalue weighted by Crippen LogP contribution is -2.33. The number of anilines is 2. The number of nitrogens with two attached hydrogens (primary N) is 1. The van der Waals surface area contributed by atoms with E-state index in [-0.39, 0.29) is 12.4 Å². The lowest BCUT2D eigenvalue weighted by Gasteiger charge is -2.19. The Morgan fingerprint density at radius 3 is 2.64 bits per heavy atom. The Labute approximate surface area is 222 Å². The van der Waals surface area contributed by atoms with Crippen LogP contribution in [-0.4, -0.2) is 79.4 Å². The van der Waals surface area contributed by atoms with Gasteiger partial charge in [0.05, 0.1) is 13.7 Å². The summed E-state index contributed by atoms with van der Waals surface area (Å²) >= 11 is 0. The summed E-state index contributed by atoms with van der Waals surface area (Å²) < 4.78 is 17.3. The molecule has 204 valence electrons. The number of benzene rings is 2. The molecule has 1 saturated heterocycles. The summed E-state index contributed by atoms with van der Waals surface area (Å²) in [4.78, 5) is 24.1. The van der Waals surface area contributed by atoms with Gasteiger partial charge in [-0.25, -0.2) is 19.7 Å². The number of fused-ring (bicyclic) bond motifs is 1. The van der Waals surface area contributed by atoms with Gasteiger partial charge in [0.15, 0.2) is 29.8 Å². The number of ether oxygens (including phenoxy) is 3. The van der Waals surface area contributed by atoms with Crippen molar-refractivity contribution in [2.45, 2.75) is 31.1 Å². The first-order chi connectivity index (χ1) is 18.9. The molecule has 1 fully saturated rings. The normalized spacial score (nSPS) is 20.7. The van der Waals surface area contributed by atoms with Gasteiger partial charge in [-0.2, -0.15) is 0 Å². The van der Waals surface area contributed by atoms with Crippen molar-refractivity contribution >= 4 is 28.9 Å². The number of carbonyl (C=O) groups is 1. The van der Waals surface area contributed by atoms with Crippen LogP contribution in [0.5, 0.6) is 5.75 Å². The number of methoxy groups -OCH3 is 1. The van der Waals surface area contributed by atoms with E-state index < -0.39 is 37.1 Å². The first-order valence-corrected chi connectivity index (χ1v) is 12.1. The highest BCUT2D eigenvalue weighted by Gasteiger charge is 2.45. The molecule has 1 aliphatic heterocycles. The predicted molar refractivity (Wildman–Crippen MR) is 139 cm³/mol. The first kappa shape index (κ1) is 26.3. The molecule has 39 heavy (non-hydrogen) atoms. The van der Waals surface area contributed by atoms with E-state index in [1.807, 2.05) is 42.5 Å². The second-order valence-electron chi connectivity index (χ2n) is 8.91. The van der Waals surface area contributed by atoms with E-state index in [9.17, 15) is 20.1 Å². The fourth-order valence-corrected chi connectivity index (χ4v) is 4.35. The van der Waals surface area contributed by atoms with E-state index in [2.05, 4.69) is 25.0 Å². The molecule has 4 atom stereocenters. The van der Waals surface area contributed by atoms with Crippen molar-refractivity contribution in [1.82, 2.24) is 19.5 Å². The van der Waals surface area contributed by atoms with Crippen LogP contribution in [0, 0.1) is 0 Å². The number of nitrogens with one attached hydrogen (secondary N) is 1. The zero-order chi connectivity index (χ0) is 27.5. The Morgan fingerprint density at radius 2 is 1.92 bits per heavy atom. The molecule has 0 spiro atoms. The van der Waals surface area contributed by atoms with E-state index in [0.717, 1.165) is 16.7 Å². The molecule has 0 bridgehead atoms. The molecule has 2 unspecified atom stereocenters. The molecule has 1 aliphatic rings. The summed E-state index contributed by atoms with van der Waals surface area (Å²) in [7, 11) is 1.31. The number of hydrogen-bond donors (Lipinski definition) is 5. The number of nitrogens with zero attached hydrogens (tertiary/aromatic N) is 4. The molecule has 13 nitrogen and oxygen atoms in total. The summed E-state index contributed by atoms with van der Waals surface area (Å²) in [5.41, 5.74) is 9.41. The van der Waals surface area contributed by atoms with Gasteiger partial charge in [-0.1, -0.05) is 36.4 Å². The molecule has 3 heterocycles. The number of aliphatic hydroxyl groups excluding tert-OH is 3. The van der Waals surface area contributed by atoms with Crippen LogP contribution in [0.25, 0.3) is 22.3 Å². The number of imidazole rings is 1. The zero-order valence-corrected chi connectivity index (χ0v) is 21.0. The largest absolute Gasteiger partial charge is 0.482 e. The number of esters is 1. The first-order valence-electron chi connectivity index (χ1n) is 12.1. The van der Waals surface area contributed by atoms with E-state index in [1.54, 1.807) is 6.07 Å². The molecule has 6 N–H and O–H groups in total. The van der Waals surface area contributed by atoms with E-state index in [1.165, 1.54) is 18.0 Å². The van der Waals surface area contributed by atoms with Gasteiger partial charge in [0.2, 0.25) is 5.95 Å². The Bertz CT molecular complexity index is 1460. The minimum absolute atomic E-state index is 0.149. The van der Waals surface area contributed by atoms with Crippen LogP contribution < -0.4 is 15.8 Å². The third-order valence-electron chi connectivity index (χ3n) is 6.43. The fourth-order valence-electron chi connectivity index (χ4n) is 4.35. The Balaban J connectivity index is 1.35. The fraction of sp³-hybridized carbons (Fsp3) is 0.308. The molecular formula is C26H28N6O7. The van der Waals surface area contributed by atoms with Crippen molar-refractivity contribution in [3.05, 3.63) is 60.4 Å². The number of aliphatic hydroxyl groups is 3. The minimum atomic E-state index is -1.33. The zero-order valence-electron chi connectivity index (χ0n) is 21.0. The summed E-state index contributed by atoms with van der Waals surface area (Å²) in [6.07, 6.45) is -3.37. The third-order valence-corrected chi connectivity index (χ3v) is 6.43. The maximum absolute atomic E-state index is 11.4. The van der Waals surface area contributed by atoms with Crippen LogP contribution in [0.1, 0.15) is 11.8 Å². The molecular weight excluding hydrogens is 508 g/mol. The topological polar surface area (TPSA) is 187 Å². The second kappa shape index (κ2) is 11.2. The molecule has 2 aromatic heterocycles. The predicted octanol–water partition coefficient (Wildman–Crippen LogP) is 0.851. The minimum Gasteiger partial charge on any atom is -0.482 e. The van der Waals surface area contributed by atoms with Crippen molar-refractivity contribution in [1.29, 1.82) is 0 Å². The highest BCUT2D eigenvalue weighted by atomic mass is 16.6. The summed E-state index contributed by atoms with van der Waals surface area (Å²) in [6, 6.07) is 15.2. The standard InChI is InChI=1S/C26H28N6O7/c1-37-19(34)12-38-17-4-2-3-16(9-17)15-7-5-14(6-8-15)10-28-26-31-20-23(27)29-13-30-24(20)32(26)25-22(36)21(35)18(11-33)39-25/h2-9,13,18,21-22,25,33,35-36H,10-12H2,1H3,(H,28,31)(H2,27,29,30)/t18-,21?,22?,25-/m1/s1. The van der Waals surface area contributed by atoms with Gasteiger partial charge in [-0.05, 0) is 28.8 Å². The van der Waals surface area contributed by atoms with Gasteiger partial charge in [0.25, 0.3) is 0 Å². The van der Waals surface area contributed by atoms with Gasteiger partial charge >= 0.3 is 5.97 Å². The quantitative estimate of drug-likeness (QED) is 0.190. The molecule has 13 heteroatoms. The van der Waals surface area contributed by atoms with Crippen molar-refractivity contribution in [3.63, 3.8) is 0 Å². The van der Waals surface area contributed by atoms with Crippen LogP contribution in [0.3, 0.4) is 0 Å². The van der Waals surface area contributed by atoms with Crippen LogP contribution in [-0.2, 0) is 20.8 Å². The van der Waals surface area contributed by atoms with Crippen molar-refractivity contribution in [3.8, 4) is 16.9 Å². The number of rotatable bonds is 9. The van der Waals surface area contributed by atoms with E-state index in [0.29, 0.717) is 29.4 Å². The van der Waals surface area contributed by atoms with Gasteiger partial charge in [0.1, 0.15) is 30.4 Å². The van der Waals surface area contributed by atoms with Gasteiger partial charge in [-0.3, -0.25) is 4.57 Å². The van der Waals surface area contributed by atoms with Crippen LogP contribution in [0.15, 0.2) is 54.9 Å². The van der Waals surface area contributed by atoms with Crippen molar-refractivity contribution in [2.24, 2.45) is 0 Å². The monoisotopic (exact) mass is 536 g/mol. The molecule has 0 amide bonds. The average molecular weight is 537 g/mol. The molecule has 0 aliphatic carbocycles. The molecule has 0 radical (unpaired) electrons. The number of aromatic nitrogens is 4. The number of nitrogen functional groups attached to an aromatic ring is 1.